The van der Waals surface area contributed by atoms with Crippen LogP contribution in [0.2, 0.25) is 0 Å². The fraction of sp³-hybridized carbons (Fsp3) is 0.619. The van der Waals surface area contributed by atoms with Crippen LogP contribution in [0, 0.1) is 0 Å². The molecule has 1 rings (SSSR count). The molecule has 0 bridgehead atoms. The SMILES string of the molecule is COCC(=O)N[C@@H]1C=C(C(=O)OC)O[C@@H]([C@H](OC(C)=O)[C@@H](COC(C)=O)OC(C)=O)[C@@H]1OC(C)=O. The van der Waals surface area contributed by atoms with E-state index in [4.69, 9.17) is 28.4 Å². The molecule has 0 fully saturated rings. The van der Waals surface area contributed by atoms with Gasteiger partial charge in [-0.2, -0.15) is 0 Å². The van der Waals surface area contributed by atoms with Crippen LogP contribution in [-0.2, 0) is 61.9 Å². The van der Waals surface area contributed by atoms with Gasteiger partial charge >= 0.3 is 29.8 Å². The lowest BCUT2D eigenvalue weighted by atomic mass is 9.93. The van der Waals surface area contributed by atoms with Crippen LogP contribution < -0.4 is 5.32 Å². The Morgan fingerprint density at radius 2 is 1.57 bits per heavy atom. The Morgan fingerprint density at radius 1 is 0.943 bits per heavy atom. The van der Waals surface area contributed by atoms with Gasteiger partial charge in [0.1, 0.15) is 13.2 Å². The second-order valence-electron chi connectivity index (χ2n) is 7.23. The van der Waals surface area contributed by atoms with Gasteiger partial charge in [-0.1, -0.05) is 0 Å². The molecule has 0 radical (unpaired) electrons. The maximum absolute atomic E-state index is 12.3. The van der Waals surface area contributed by atoms with Crippen molar-refractivity contribution in [3.8, 4) is 0 Å². The summed E-state index contributed by atoms with van der Waals surface area (Å²) >= 11 is 0. The first kappa shape index (κ1) is 29.4. The van der Waals surface area contributed by atoms with Gasteiger partial charge in [-0.15, -0.1) is 0 Å². The first-order chi connectivity index (χ1) is 16.4. The highest BCUT2D eigenvalue weighted by molar-refractivity contribution is 5.87. The van der Waals surface area contributed by atoms with E-state index in [1.165, 1.54) is 7.11 Å². The summed E-state index contributed by atoms with van der Waals surface area (Å²) in [5, 5.41) is 2.51. The summed E-state index contributed by atoms with van der Waals surface area (Å²) in [6, 6.07) is -1.20. The van der Waals surface area contributed by atoms with Crippen LogP contribution >= 0.6 is 0 Å². The van der Waals surface area contributed by atoms with E-state index in [2.05, 4.69) is 10.1 Å². The molecule has 1 N–H and O–H groups in total. The quantitative estimate of drug-likeness (QED) is 0.266. The number of amides is 1. The van der Waals surface area contributed by atoms with Crippen molar-refractivity contribution in [3.05, 3.63) is 11.8 Å². The molecule has 0 aromatic rings. The van der Waals surface area contributed by atoms with E-state index in [9.17, 15) is 28.8 Å². The zero-order valence-corrected chi connectivity index (χ0v) is 20.2. The number of nitrogens with one attached hydrogen (secondary N) is 1. The third-order valence-corrected chi connectivity index (χ3v) is 4.32. The van der Waals surface area contributed by atoms with Crippen molar-refractivity contribution in [3.63, 3.8) is 0 Å². The second-order valence-corrected chi connectivity index (χ2v) is 7.23. The number of carbonyl (C=O) groups excluding carboxylic acids is 6. The van der Waals surface area contributed by atoms with Gasteiger partial charge in [0.15, 0.2) is 24.4 Å². The number of methoxy groups -OCH3 is 2. The van der Waals surface area contributed by atoms with Gasteiger partial charge in [0.25, 0.3) is 0 Å². The molecular weight excluding hydrogens is 474 g/mol. The summed E-state index contributed by atoms with van der Waals surface area (Å²) in [5.74, 6) is -5.26. The molecule has 35 heavy (non-hydrogen) atoms. The van der Waals surface area contributed by atoms with Crippen LogP contribution in [0.15, 0.2) is 11.8 Å². The van der Waals surface area contributed by atoms with Gasteiger partial charge < -0.3 is 38.5 Å². The van der Waals surface area contributed by atoms with Crippen molar-refractivity contribution in [2.45, 2.75) is 58.2 Å². The lowest BCUT2D eigenvalue weighted by Crippen LogP contribution is -2.60. The molecule has 0 spiro atoms. The Hall–Kier alpha value is -3.68. The summed E-state index contributed by atoms with van der Waals surface area (Å²) in [7, 11) is 2.35. The summed E-state index contributed by atoms with van der Waals surface area (Å²) in [4.78, 5) is 71.5. The average molecular weight is 503 g/mol. The topological polar surface area (TPSA) is 179 Å². The molecule has 5 atom stereocenters. The highest BCUT2D eigenvalue weighted by Gasteiger charge is 2.49. The van der Waals surface area contributed by atoms with Gasteiger partial charge in [0, 0.05) is 34.8 Å². The van der Waals surface area contributed by atoms with E-state index >= 15 is 0 Å². The molecule has 0 saturated carbocycles. The average Bonchev–Trinajstić information content (AvgIpc) is 2.75. The van der Waals surface area contributed by atoms with Crippen LogP contribution in [0.25, 0.3) is 0 Å². The van der Waals surface area contributed by atoms with Crippen LogP contribution in [0.4, 0.5) is 0 Å². The highest BCUT2D eigenvalue weighted by atomic mass is 16.6. The number of carbonyl (C=O) groups is 6. The molecule has 0 aromatic heterocycles. The highest BCUT2D eigenvalue weighted by Crippen LogP contribution is 2.28. The predicted molar refractivity (Wildman–Crippen MR) is 112 cm³/mol. The Kier molecular flexibility index (Phi) is 11.6. The first-order valence-electron chi connectivity index (χ1n) is 10.3. The molecule has 1 aliphatic rings. The van der Waals surface area contributed by atoms with Gasteiger partial charge in [0.05, 0.1) is 13.2 Å². The maximum Gasteiger partial charge on any atom is 0.373 e. The number of rotatable bonds is 11. The number of esters is 5. The maximum atomic E-state index is 12.3. The third kappa shape index (κ3) is 9.60. The van der Waals surface area contributed by atoms with Crippen molar-refractivity contribution in [2.24, 2.45) is 0 Å². The van der Waals surface area contributed by atoms with Crippen molar-refractivity contribution >= 4 is 35.8 Å². The van der Waals surface area contributed by atoms with E-state index in [0.29, 0.717) is 0 Å². The summed E-state index contributed by atoms with van der Waals surface area (Å²) in [6.45, 7) is 3.34. The van der Waals surface area contributed by atoms with Gasteiger partial charge in [-0.25, -0.2) is 4.79 Å². The van der Waals surface area contributed by atoms with Gasteiger partial charge in [-0.05, 0) is 6.08 Å². The number of hydrogen-bond acceptors (Lipinski definition) is 13. The molecule has 14 nitrogen and oxygen atoms in total. The largest absolute Gasteiger partial charge is 0.475 e. The van der Waals surface area contributed by atoms with E-state index in [1.54, 1.807) is 0 Å². The molecule has 1 heterocycles. The van der Waals surface area contributed by atoms with E-state index < -0.39 is 78.6 Å². The Bertz CT molecular complexity index is 852. The summed E-state index contributed by atoms with van der Waals surface area (Å²) in [5.41, 5.74) is 0. The minimum Gasteiger partial charge on any atom is -0.475 e. The standard InChI is InChI=1S/C21H29NO13/c1-10(23)31-8-16(32-11(2)24)19(34-13(4)26)20-18(33-12(3)25)14(22-17(27)9-29-5)7-15(35-20)21(28)30-6/h7,14,16,18-20H,8-9H2,1-6H3,(H,22,27)/t14-,16-,18-,19-,20-/m1/s1. The Morgan fingerprint density at radius 3 is 2.06 bits per heavy atom. The predicted octanol–water partition coefficient (Wildman–Crippen LogP) is -1.07. The molecule has 0 aliphatic carbocycles. The van der Waals surface area contributed by atoms with Crippen molar-refractivity contribution in [1.82, 2.24) is 5.32 Å². The van der Waals surface area contributed by atoms with Crippen LogP contribution in [0.5, 0.6) is 0 Å². The smallest absolute Gasteiger partial charge is 0.373 e. The summed E-state index contributed by atoms with van der Waals surface area (Å²) in [6.07, 6.45) is -4.82. The Labute approximate surface area is 201 Å². The molecule has 1 amide bonds. The normalized spacial score (nSPS) is 20.6. The van der Waals surface area contributed by atoms with Crippen LogP contribution in [-0.4, -0.2) is 93.6 Å². The molecule has 196 valence electrons. The van der Waals surface area contributed by atoms with Crippen LogP contribution in [0.1, 0.15) is 27.7 Å². The molecule has 1 aliphatic heterocycles. The number of hydrogen-bond donors (Lipinski definition) is 1. The molecule has 0 aromatic carbocycles. The molecule has 14 heteroatoms. The van der Waals surface area contributed by atoms with Crippen LogP contribution in [0.3, 0.4) is 0 Å². The van der Waals surface area contributed by atoms with Gasteiger partial charge in [-0.3, -0.25) is 24.0 Å². The van der Waals surface area contributed by atoms with E-state index in [-0.39, 0.29) is 6.61 Å². The van der Waals surface area contributed by atoms with Crippen molar-refractivity contribution in [1.29, 1.82) is 0 Å². The Balaban J connectivity index is 3.60. The van der Waals surface area contributed by atoms with E-state index in [1.807, 2.05) is 0 Å². The molecular formula is C21H29NO13. The zero-order valence-electron chi connectivity index (χ0n) is 20.2. The van der Waals surface area contributed by atoms with Crippen molar-refractivity contribution in [2.75, 3.05) is 27.4 Å². The zero-order chi connectivity index (χ0) is 26.7. The fourth-order valence-electron chi connectivity index (χ4n) is 3.16. The lowest BCUT2D eigenvalue weighted by molar-refractivity contribution is -0.200. The monoisotopic (exact) mass is 503 g/mol. The summed E-state index contributed by atoms with van der Waals surface area (Å²) < 4.78 is 35.9. The molecule has 0 saturated heterocycles. The van der Waals surface area contributed by atoms with Crippen molar-refractivity contribution < 1.29 is 61.9 Å². The molecule has 0 unspecified atom stereocenters. The minimum absolute atomic E-state index is 0.369. The third-order valence-electron chi connectivity index (χ3n) is 4.32. The first-order valence-corrected chi connectivity index (χ1v) is 10.3. The van der Waals surface area contributed by atoms with Gasteiger partial charge in [0.2, 0.25) is 11.7 Å². The minimum atomic E-state index is -1.57. The lowest BCUT2D eigenvalue weighted by Gasteiger charge is -2.41. The van der Waals surface area contributed by atoms with E-state index in [0.717, 1.165) is 40.9 Å². The second kappa shape index (κ2) is 13.9. The number of ether oxygens (including phenoxy) is 7. The fourth-order valence-corrected chi connectivity index (χ4v) is 3.16.